The van der Waals surface area contributed by atoms with Crippen LogP contribution in [0.1, 0.15) is 25.7 Å². The molecule has 1 N–H and O–H groups in total. The molecule has 0 spiro atoms. The van der Waals surface area contributed by atoms with Crippen LogP contribution in [-0.4, -0.2) is 55.7 Å². The van der Waals surface area contributed by atoms with Gasteiger partial charge in [-0.25, -0.2) is 0 Å². The van der Waals surface area contributed by atoms with E-state index in [0.717, 1.165) is 32.2 Å². The van der Waals surface area contributed by atoms with Gasteiger partial charge >= 0.3 is 0 Å². The fourth-order valence-electron chi connectivity index (χ4n) is 2.27. The van der Waals surface area contributed by atoms with Crippen LogP contribution in [0.25, 0.3) is 0 Å². The van der Waals surface area contributed by atoms with Gasteiger partial charge in [0, 0.05) is 26.0 Å². The average Bonchev–Trinajstić information content (AvgIpc) is 2.61. The molecule has 0 saturated heterocycles. The molecule has 1 saturated carbocycles. The molecule has 0 aromatic heterocycles. The molecule has 1 fully saturated rings. The number of methoxy groups -OCH3 is 1. The first kappa shape index (κ1) is 13.6. The number of hydrogen-bond acceptors (Lipinski definition) is 4. The second-order valence-corrected chi connectivity index (χ2v) is 4.72. The minimum absolute atomic E-state index is 0.266. The van der Waals surface area contributed by atoms with Crippen molar-refractivity contribution >= 4 is 5.78 Å². The third-order valence-electron chi connectivity index (χ3n) is 3.17. The van der Waals surface area contributed by atoms with Crippen LogP contribution in [-0.2, 0) is 9.53 Å². The molecule has 0 aliphatic heterocycles. The van der Waals surface area contributed by atoms with Gasteiger partial charge in [0.25, 0.3) is 0 Å². The molecular weight excluding hydrogens is 206 g/mol. The summed E-state index contributed by atoms with van der Waals surface area (Å²) in [6.45, 7) is 1.85. The van der Waals surface area contributed by atoms with E-state index in [2.05, 4.69) is 4.90 Å². The van der Waals surface area contributed by atoms with Crippen molar-refractivity contribution in [3.63, 3.8) is 0 Å². The van der Waals surface area contributed by atoms with Crippen molar-refractivity contribution in [1.29, 1.82) is 0 Å². The largest absolute Gasteiger partial charge is 0.389 e. The maximum atomic E-state index is 11.4. The second-order valence-electron chi connectivity index (χ2n) is 4.72. The monoisotopic (exact) mass is 229 g/mol. The summed E-state index contributed by atoms with van der Waals surface area (Å²) in [5, 5.41) is 9.53. The Morgan fingerprint density at radius 2 is 2.38 bits per heavy atom. The van der Waals surface area contributed by atoms with Gasteiger partial charge in [-0.05, 0) is 32.9 Å². The number of carbonyl (C=O) groups excluding carboxylic acids is 1. The molecule has 1 aliphatic rings. The molecule has 0 heterocycles. The fourth-order valence-corrected chi connectivity index (χ4v) is 2.27. The van der Waals surface area contributed by atoms with Crippen molar-refractivity contribution in [3.8, 4) is 0 Å². The van der Waals surface area contributed by atoms with Gasteiger partial charge in [-0.2, -0.15) is 0 Å². The van der Waals surface area contributed by atoms with Crippen LogP contribution in [0.2, 0.25) is 0 Å². The van der Waals surface area contributed by atoms with E-state index >= 15 is 0 Å². The maximum absolute atomic E-state index is 11.4. The van der Waals surface area contributed by atoms with Crippen LogP contribution in [0.15, 0.2) is 0 Å². The number of hydrogen-bond donors (Lipinski definition) is 1. The third-order valence-corrected chi connectivity index (χ3v) is 3.17. The van der Waals surface area contributed by atoms with Gasteiger partial charge in [-0.15, -0.1) is 0 Å². The Balaban J connectivity index is 2.14. The molecule has 0 aromatic rings. The van der Waals surface area contributed by atoms with Crippen LogP contribution in [0.4, 0.5) is 0 Å². The smallest absolute Gasteiger partial charge is 0.136 e. The van der Waals surface area contributed by atoms with Gasteiger partial charge in [0.1, 0.15) is 5.78 Å². The molecule has 94 valence electrons. The molecule has 0 bridgehead atoms. The zero-order valence-electron chi connectivity index (χ0n) is 10.3. The van der Waals surface area contributed by atoms with Crippen molar-refractivity contribution in [1.82, 2.24) is 4.90 Å². The Bertz CT molecular complexity index is 220. The molecule has 4 nitrogen and oxygen atoms in total. The number of nitrogens with zero attached hydrogens (tertiary/aromatic N) is 1. The SMILES string of the molecule is COCC(O)CN(C)CCC1CCCC1=O. The summed E-state index contributed by atoms with van der Waals surface area (Å²) in [4.78, 5) is 13.5. The van der Waals surface area contributed by atoms with Gasteiger partial charge < -0.3 is 14.7 Å². The Morgan fingerprint density at radius 1 is 1.62 bits per heavy atom. The average molecular weight is 229 g/mol. The highest BCUT2D eigenvalue weighted by Gasteiger charge is 2.24. The number of aliphatic hydroxyl groups excluding tert-OH is 1. The van der Waals surface area contributed by atoms with E-state index in [-0.39, 0.29) is 5.92 Å². The van der Waals surface area contributed by atoms with E-state index in [1.165, 1.54) is 0 Å². The molecule has 1 rings (SSSR count). The maximum Gasteiger partial charge on any atom is 0.136 e. The number of ketones is 1. The summed E-state index contributed by atoms with van der Waals surface area (Å²) in [5.41, 5.74) is 0. The van der Waals surface area contributed by atoms with Crippen LogP contribution in [0, 0.1) is 5.92 Å². The molecular formula is C12H23NO3. The lowest BCUT2D eigenvalue weighted by molar-refractivity contribution is -0.120. The predicted molar refractivity (Wildman–Crippen MR) is 62.3 cm³/mol. The zero-order valence-corrected chi connectivity index (χ0v) is 10.3. The highest BCUT2D eigenvalue weighted by Crippen LogP contribution is 2.24. The fraction of sp³-hybridized carbons (Fsp3) is 0.917. The highest BCUT2D eigenvalue weighted by atomic mass is 16.5. The zero-order chi connectivity index (χ0) is 12.0. The quantitative estimate of drug-likeness (QED) is 0.697. The number of likely N-dealkylation sites (N-methyl/N-ethyl adjacent to an activating group) is 1. The van der Waals surface area contributed by atoms with Gasteiger partial charge in [0.2, 0.25) is 0 Å². The number of rotatable bonds is 7. The Hall–Kier alpha value is -0.450. The van der Waals surface area contributed by atoms with Gasteiger partial charge in [0.05, 0.1) is 12.7 Å². The lowest BCUT2D eigenvalue weighted by Crippen LogP contribution is -2.33. The van der Waals surface area contributed by atoms with Crippen molar-refractivity contribution in [3.05, 3.63) is 0 Å². The molecule has 16 heavy (non-hydrogen) atoms. The van der Waals surface area contributed by atoms with Crippen LogP contribution >= 0.6 is 0 Å². The first-order chi connectivity index (χ1) is 7.63. The lowest BCUT2D eigenvalue weighted by atomic mass is 10.0. The lowest BCUT2D eigenvalue weighted by Gasteiger charge is -2.21. The summed E-state index contributed by atoms with van der Waals surface area (Å²) in [7, 11) is 3.55. The molecule has 1 aliphatic carbocycles. The molecule has 0 radical (unpaired) electrons. The predicted octanol–water partition coefficient (Wildman–Crippen LogP) is 0.685. The Morgan fingerprint density at radius 3 is 2.94 bits per heavy atom. The summed E-state index contributed by atoms with van der Waals surface area (Å²) < 4.78 is 4.87. The molecule has 4 heteroatoms. The van der Waals surface area contributed by atoms with Gasteiger partial charge in [0.15, 0.2) is 0 Å². The second kappa shape index (κ2) is 6.99. The van der Waals surface area contributed by atoms with Crippen molar-refractivity contribution in [2.24, 2.45) is 5.92 Å². The van der Waals surface area contributed by atoms with Gasteiger partial charge in [-0.1, -0.05) is 0 Å². The number of aliphatic hydroxyl groups is 1. The Kier molecular flexibility index (Phi) is 5.95. The minimum Gasteiger partial charge on any atom is -0.389 e. The van der Waals surface area contributed by atoms with E-state index in [1.54, 1.807) is 7.11 Å². The minimum atomic E-state index is -0.436. The molecule has 0 amide bonds. The van der Waals surface area contributed by atoms with Crippen molar-refractivity contribution < 1.29 is 14.6 Å². The van der Waals surface area contributed by atoms with Gasteiger partial charge in [-0.3, -0.25) is 4.79 Å². The summed E-state index contributed by atoms with van der Waals surface area (Å²) in [6, 6.07) is 0. The standard InChI is InChI=1S/C12H23NO3/c1-13(8-11(14)9-16-2)7-6-10-4-3-5-12(10)15/h10-11,14H,3-9H2,1-2H3. The molecule has 2 atom stereocenters. The van der Waals surface area contributed by atoms with E-state index in [9.17, 15) is 9.90 Å². The van der Waals surface area contributed by atoms with Crippen LogP contribution in [0.5, 0.6) is 0 Å². The Labute approximate surface area is 97.6 Å². The van der Waals surface area contributed by atoms with E-state index in [0.29, 0.717) is 18.9 Å². The molecule has 2 unspecified atom stereocenters. The summed E-state index contributed by atoms with van der Waals surface area (Å²) >= 11 is 0. The topological polar surface area (TPSA) is 49.8 Å². The summed E-state index contributed by atoms with van der Waals surface area (Å²) in [5.74, 6) is 0.688. The number of ether oxygens (including phenoxy) is 1. The normalized spacial score (nSPS) is 23.0. The van der Waals surface area contributed by atoms with E-state index < -0.39 is 6.10 Å². The highest BCUT2D eigenvalue weighted by molar-refractivity contribution is 5.82. The number of carbonyl (C=O) groups is 1. The molecule has 0 aromatic carbocycles. The van der Waals surface area contributed by atoms with Crippen LogP contribution < -0.4 is 0 Å². The first-order valence-electron chi connectivity index (χ1n) is 6.01. The third kappa shape index (κ3) is 4.60. The van der Waals surface area contributed by atoms with Crippen molar-refractivity contribution in [2.75, 3.05) is 33.9 Å². The summed E-state index contributed by atoms with van der Waals surface area (Å²) in [6.07, 6.45) is 3.36. The van der Waals surface area contributed by atoms with Crippen molar-refractivity contribution in [2.45, 2.75) is 31.8 Å². The van der Waals surface area contributed by atoms with E-state index in [1.807, 2.05) is 7.05 Å². The first-order valence-corrected chi connectivity index (χ1v) is 6.01. The number of Topliss-reactive ketones (excluding diaryl/α,β-unsaturated/α-hetero) is 1. The van der Waals surface area contributed by atoms with Crippen LogP contribution in [0.3, 0.4) is 0 Å². The van der Waals surface area contributed by atoms with E-state index in [4.69, 9.17) is 4.74 Å².